The van der Waals surface area contributed by atoms with Crippen molar-refractivity contribution in [2.24, 2.45) is 11.8 Å². The molecule has 2 saturated heterocycles. The van der Waals surface area contributed by atoms with Gasteiger partial charge in [-0.05, 0) is 85.6 Å². The van der Waals surface area contributed by atoms with Gasteiger partial charge in [-0.2, -0.15) is 0 Å². The molecule has 6 heterocycles. The lowest BCUT2D eigenvalue weighted by molar-refractivity contribution is -0.111. The van der Waals surface area contributed by atoms with Crippen LogP contribution in [0.5, 0.6) is 0 Å². The molecule has 2 aliphatic carbocycles. The molecule has 2 N–H and O–H groups in total. The summed E-state index contributed by atoms with van der Waals surface area (Å²) in [5.41, 5.74) is 11.3. The zero-order chi connectivity index (χ0) is 32.3. The van der Waals surface area contributed by atoms with Crippen LogP contribution in [0.15, 0.2) is 73.1 Å². The third kappa shape index (κ3) is 5.18. The highest BCUT2D eigenvalue weighted by Gasteiger charge is 2.45. The van der Waals surface area contributed by atoms with E-state index < -0.39 is 5.60 Å². The highest BCUT2D eigenvalue weighted by atomic mass is 16.5. The van der Waals surface area contributed by atoms with E-state index in [1.54, 1.807) is 13.3 Å². The molecule has 3 atom stereocenters. The number of aromatic nitrogens is 5. The van der Waals surface area contributed by atoms with E-state index in [1.807, 2.05) is 50.9 Å². The van der Waals surface area contributed by atoms with Crippen LogP contribution in [-0.4, -0.2) is 79.4 Å². The molecule has 2 amide bonds. The first kappa shape index (κ1) is 29.5. The number of anilines is 1. The van der Waals surface area contributed by atoms with Gasteiger partial charge < -0.3 is 20.3 Å². The van der Waals surface area contributed by atoms with Gasteiger partial charge in [-0.25, -0.2) is 19.7 Å². The van der Waals surface area contributed by atoms with E-state index in [0.29, 0.717) is 56.6 Å². The number of fused-ring (bicyclic) bond motifs is 3. The number of piperidine rings is 1. The van der Waals surface area contributed by atoms with Crippen molar-refractivity contribution in [2.75, 3.05) is 39.0 Å². The minimum atomic E-state index is -0.728. The van der Waals surface area contributed by atoms with Crippen molar-refractivity contribution in [3.63, 3.8) is 0 Å². The first-order valence-electron chi connectivity index (χ1n) is 16.4. The Morgan fingerprint density at radius 1 is 1.09 bits per heavy atom. The van der Waals surface area contributed by atoms with E-state index in [2.05, 4.69) is 23.7 Å². The number of pyridine rings is 3. The van der Waals surface area contributed by atoms with Crippen LogP contribution in [0, 0.1) is 11.8 Å². The predicted octanol–water partition coefficient (Wildman–Crippen LogP) is 5.03. The minimum Gasteiger partial charge on any atom is -0.383 e. The van der Waals surface area contributed by atoms with E-state index in [9.17, 15) is 9.59 Å². The van der Waals surface area contributed by atoms with Crippen LogP contribution in [0.2, 0.25) is 0 Å². The zero-order valence-electron chi connectivity index (χ0n) is 26.5. The van der Waals surface area contributed by atoms with Crippen molar-refractivity contribution in [1.29, 1.82) is 0 Å². The number of carbonyl (C=O) groups excluding carboxylic acids is 2. The van der Waals surface area contributed by atoms with E-state index in [4.69, 9.17) is 25.4 Å². The molecule has 0 aromatic carbocycles. The van der Waals surface area contributed by atoms with Gasteiger partial charge in [0.1, 0.15) is 16.9 Å². The van der Waals surface area contributed by atoms with Crippen LogP contribution < -0.4 is 5.73 Å². The fraction of sp³-hybridized carbons (Fsp3) is 0.389. The highest BCUT2D eigenvalue weighted by molar-refractivity contribution is 6.03. The Morgan fingerprint density at radius 3 is 2.68 bits per heavy atom. The Kier molecular flexibility index (Phi) is 7.16. The highest BCUT2D eigenvalue weighted by Crippen LogP contribution is 2.41. The minimum absolute atomic E-state index is 0.000316. The molecule has 0 spiro atoms. The van der Waals surface area contributed by atoms with Gasteiger partial charge in [0.15, 0.2) is 17.3 Å². The molecule has 4 aromatic rings. The van der Waals surface area contributed by atoms with Gasteiger partial charge in [-0.1, -0.05) is 12.7 Å². The van der Waals surface area contributed by atoms with E-state index in [-0.39, 0.29) is 23.7 Å². The summed E-state index contributed by atoms with van der Waals surface area (Å²) in [7, 11) is 1.69. The summed E-state index contributed by atoms with van der Waals surface area (Å²) in [5.74, 6) is 2.01. The second-order valence-corrected chi connectivity index (χ2v) is 13.3. The molecule has 4 aliphatic rings. The number of nitrogen functional groups attached to an aromatic ring is 1. The number of carbonyl (C=O) groups is 2. The maximum Gasteiger partial charge on any atom is 0.320 e. The number of amides is 2. The van der Waals surface area contributed by atoms with Crippen molar-refractivity contribution in [3.8, 4) is 17.1 Å². The number of methoxy groups -OCH3 is 1. The van der Waals surface area contributed by atoms with Crippen molar-refractivity contribution in [3.05, 3.63) is 84.5 Å². The number of rotatable bonds is 7. The third-order valence-electron chi connectivity index (χ3n) is 10.3. The average Bonchev–Trinajstić information content (AvgIpc) is 3.74. The molecule has 2 aliphatic heterocycles. The monoisotopic (exact) mass is 630 g/mol. The van der Waals surface area contributed by atoms with Crippen LogP contribution in [0.3, 0.4) is 0 Å². The quantitative estimate of drug-likeness (QED) is 0.281. The van der Waals surface area contributed by atoms with Gasteiger partial charge in [0.2, 0.25) is 0 Å². The second kappa shape index (κ2) is 11.4. The molecule has 8 rings (SSSR count). The molecule has 47 heavy (non-hydrogen) atoms. The lowest BCUT2D eigenvalue weighted by atomic mass is 9.78. The first-order chi connectivity index (χ1) is 22.9. The maximum absolute atomic E-state index is 13.8. The van der Waals surface area contributed by atoms with E-state index in [0.717, 1.165) is 58.6 Å². The van der Waals surface area contributed by atoms with Gasteiger partial charge in [-0.15, -0.1) is 0 Å². The van der Waals surface area contributed by atoms with Crippen LogP contribution in [0.1, 0.15) is 49.4 Å². The van der Waals surface area contributed by atoms with Crippen LogP contribution >= 0.6 is 0 Å². The largest absolute Gasteiger partial charge is 0.383 e. The summed E-state index contributed by atoms with van der Waals surface area (Å²) in [6.45, 7) is 5.89. The molecular weight excluding hydrogens is 592 g/mol. The SMILES string of the molecule is C=CC(=O)C1=C[C@@H]2C[C@H](C1)CN(C(=O)N1CC[C@](OC)(c3ccc(-n4c(-c5cccnc5N)nc5ccc(C6CC6)nc54)cn3)C1)C2. The summed E-state index contributed by atoms with van der Waals surface area (Å²) < 4.78 is 8.16. The molecule has 0 radical (unpaired) electrons. The molecule has 11 heteroatoms. The van der Waals surface area contributed by atoms with Gasteiger partial charge in [0.05, 0.1) is 29.7 Å². The van der Waals surface area contributed by atoms with Gasteiger partial charge >= 0.3 is 6.03 Å². The molecule has 240 valence electrons. The maximum atomic E-state index is 13.8. The number of ether oxygens (including phenoxy) is 1. The smallest absolute Gasteiger partial charge is 0.320 e. The number of hydrogen-bond donors (Lipinski definition) is 1. The standard InChI is InChI=1S/C36H38N8O3/c1-3-30(45)25-16-22-15-23(17-25)20-43(19-22)35(46)42-14-12-36(21-42,47-2)31-11-8-26(18-39-31)44-33(27-5-4-13-38-32(27)37)41-29-10-9-28(24-6-7-24)40-34(29)44/h3-5,8-11,13,16,18,22-24H,1,6-7,12,14-15,17,19-21H2,2H3,(H2,37,38)/t22-,23+,36+/m0/s1. The zero-order valence-corrected chi connectivity index (χ0v) is 26.5. The van der Waals surface area contributed by atoms with Crippen molar-refractivity contribution >= 4 is 28.8 Å². The molecule has 4 aromatic heterocycles. The third-order valence-corrected chi connectivity index (χ3v) is 10.3. The Bertz CT molecular complexity index is 1930. The van der Waals surface area contributed by atoms with Crippen LogP contribution in [-0.2, 0) is 15.1 Å². The Labute approximate surface area is 273 Å². The number of hydrogen-bond acceptors (Lipinski definition) is 8. The lowest BCUT2D eigenvalue weighted by Gasteiger charge is -2.41. The van der Waals surface area contributed by atoms with Crippen molar-refractivity contribution in [2.45, 2.75) is 43.6 Å². The molecule has 3 fully saturated rings. The number of urea groups is 1. The summed E-state index contributed by atoms with van der Waals surface area (Å²) in [5, 5.41) is 0. The number of imidazole rings is 1. The van der Waals surface area contributed by atoms with Crippen LogP contribution in [0.25, 0.3) is 28.2 Å². The molecule has 2 bridgehead atoms. The van der Waals surface area contributed by atoms with Gasteiger partial charge in [0.25, 0.3) is 0 Å². The first-order valence-corrected chi connectivity index (χ1v) is 16.4. The molecule has 11 nitrogen and oxygen atoms in total. The fourth-order valence-electron chi connectivity index (χ4n) is 7.67. The van der Waals surface area contributed by atoms with Crippen LogP contribution in [0.4, 0.5) is 10.6 Å². The number of ketones is 1. The van der Waals surface area contributed by atoms with E-state index >= 15 is 0 Å². The predicted molar refractivity (Wildman–Crippen MR) is 178 cm³/mol. The Morgan fingerprint density at radius 2 is 1.96 bits per heavy atom. The Hall–Kier alpha value is -4.90. The average molecular weight is 631 g/mol. The summed E-state index contributed by atoms with van der Waals surface area (Å²) >= 11 is 0. The topological polar surface area (TPSA) is 132 Å². The van der Waals surface area contributed by atoms with Crippen molar-refractivity contribution < 1.29 is 14.3 Å². The van der Waals surface area contributed by atoms with Crippen molar-refractivity contribution in [1.82, 2.24) is 34.3 Å². The number of nitrogens with zero attached hydrogens (tertiary/aromatic N) is 7. The fourth-order valence-corrected chi connectivity index (χ4v) is 7.67. The summed E-state index contributed by atoms with van der Waals surface area (Å²) in [6, 6.07) is 11.9. The normalized spacial score (nSPS) is 24.0. The number of likely N-dealkylation sites (tertiary alicyclic amines) is 2. The van der Waals surface area contributed by atoms with Gasteiger partial charge in [-0.3, -0.25) is 14.3 Å². The van der Waals surface area contributed by atoms with E-state index in [1.165, 1.54) is 6.08 Å². The molecule has 0 unspecified atom stereocenters. The molecular formula is C36H38N8O3. The lowest BCUT2D eigenvalue weighted by Crippen LogP contribution is -2.51. The molecule has 1 saturated carbocycles. The summed E-state index contributed by atoms with van der Waals surface area (Å²) in [6.07, 6.45) is 11.6. The summed E-state index contributed by atoms with van der Waals surface area (Å²) in [4.78, 5) is 49.1. The van der Waals surface area contributed by atoms with Gasteiger partial charge in [0, 0.05) is 51.0 Å². The second-order valence-electron chi connectivity index (χ2n) is 13.3. The number of allylic oxidation sites excluding steroid dienone is 2. The Balaban J connectivity index is 1.06. The number of nitrogens with two attached hydrogens (primary N) is 1.